The number of carbonyl (C=O) groups excluding carboxylic acids is 1. The minimum Gasteiger partial charge on any atom is -0.444 e. The molecule has 1 aromatic heterocycles. The molecule has 0 saturated carbocycles. The fraction of sp³-hybridized carbons (Fsp3) is 0.667. The molecule has 0 spiro atoms. The van der Waals surface area contributed by atoms with E-state index in [2.05, 4.69) is 20.8 Å². The molecule has 3 heterocycles. The molecule has 4 atom stereocenters. The van der Waals surface area contributed by atoms with Crippen LogP contribution in [0.25, 0.3) is 5.69 Å². The highest BCUT2D eigenvalue weighted by Gasteiger charge is 2.39. The number of thioether (sulfide) groups is 1. The van der Waals surface area contributed by atoms with Crippen molar-refractivity contribution < 1.29 is 23.7 Å². The molecule has 0 radical (unpaired) electrons. The third kappa shape index (κ3) is 7.39. The van der Waals surface area contributed by atoms with Gasteiger partial charge in [0, 0.05) is 12.2 Å². The van der Waals surface area contributed by atoms with E-state index in [4.69, 9.17) is 18.9 Å². The quantitative estimate of drug-likeness (QED) is 0.563. The smallest absolute Gasteiger partial charge is 0.407 e. The molecule has 2 aliphatic rings. The van der Waals surface area contributed by atoms with Crippen molar-refractivity contribution >= 4 is 17.9 Å². The zero-order valence-electron chi connectivity index (χ0n) is 21.0. The largest absolute Gasteiger partial charge is 0.444 e. The third-order valence-electron chi connectivity index (χ3n) is 5.72. The number of para-hydroxylation sites is 1. The highest BCUT2D eigenvalue weighted by Crippen LogP contribution is 2.31. The van der Waals surface area contributed by atoms with Crippen molar-refractivity contribution in [1.82, 2.24) is 25.5 Å². The minimum absolute atomic E-state index is 0.0158. The van der Waals surface area contributed by atoms with Crippen molar-refractivity contribution in [2.75, 3.05) is 12.4 Å². The summed E-state index contributed by atoms with van der Waals surface area (Å²) in [6, 6.07) is 9.62. The molecule has 1 amide bonds. The van der Waals surface area contributed by atoms with Gasteiger partial charge >= 0.3 is 6.09 Å². The molecule has 1 N–H and O–H groups in total. The molecule has 10 nitrogen and oxygen atoms in total. The number of nitrogens with zero attached hydrogens (tertiary/aromatic N) is 4. The Morgan fingerprint density at radius 3 is 2.69 bits per heavy atom. The van der Waals surface area contributed by atoms with E-state index in [1.165, 1.54) is 0 Å². The van der Waals surface area contributed by atoms with Crippen LogP contribution in [0.1, 0.15) is 53.9 Å². The van der Waals surface area contributed by atoms with Gasteiger partial charge in [-0.15, -0.1) is 5.10 Å². The lowest BCUT2D eigenvalue weighted by atomic mass is 9.95. The molecule has 2 aromatic rings. The third-order valence-corrected chi connectivity index (χ3v) is 6.77. The molecule has 2 saturated heterocycles. The van der Waals surface area contributed by atoms with Gasteiger partial charge in [0.15, 0.2) is 5.79 Å². The highest BCUT2D eigenvalue weighted by atomic mass is 32.2. The molecule has 0 bridgehead atoms. The number of rotatable bonds is 7. The summed E-state index contributed by atoms with van der Waals surface area (Å²) >= 11 is 1.56. The van der Waals surface area contributed by atoms with Crippen LogP contribution in [0.5, 0.6) is 0 Å². The van der Waals surface area contributed by atoms with E-state index >= 15 is 0 Å². The fourth-order valence-corrected chi connectivity index (χ4v) is 5.17. The molecular formula is C24H35N5O5S. The molecule has 4 rings (SSSR count). The van der Waals surface area contributed by atoms with Crippen LogP contribution in [0.4, 0.5) is 4.79 Å². The van der Waals surface area contributed by atoms with Gasteiger partial charge in [-0.2, -0.15) is 4.68 Å². The number of aromatic nitrogens is 4. The van der Waals surface area contributed by atoms with Gasteiger partial charge in [0.25, 0.3) is 0 Å². The van der Waals surface area contributed by atoms with Gasteiger partial charge in [0.05, 0.1) is 36.6 Å². The molecule has 35 heavy (non-hydrogen) atoms. The monoisotopic (exact) mass is 505 g/mol. The maximum absolute atomic E-state index is 12.5. The highest BCUT2D eigenvalue weighted by molar-refractivity contribution is 7.99. The van der Waals surface area contributed by atoms with Gasteiger partial charge in [0.2, 0.25) is 5.16 Å². The number of ether oxygens (including phenoxy) is 4. The number of hydrogen-bond donors (Lipinski definition) is 1. The van der Waals surface area contributed by atoms with Crippen molar-refractivity contribution in [1.29, 1.82) is 0 Å². The van der Waals surface area contributed by atoms with Crippen LogP contribution in [0.3, 0.4) is 0 Å². The van der Waals surface area contributed by atoms with Gasteiger partial charge in [-0.1, -0.05) is 30.0 Å². The number of amides is 1. The first-order valence-electron chi connectivity index (χ1n) is 12.0. The van der Waals surface area contributed by atoms with Crippen LogP contribution < -0.4 is 5.32 Å². The van der Waals surface area contributed by atoms with Crippen molar-refractivity contribution in [2.45, 2.75) is 94.8 Å². The predicted octanol–water partition coefficient (Wildman–Crippen LogP) is 3.74. The number of hydrogen-bond acceptors (Lipinski definition) is 9. The van der Waals surface area contributed by atoms with Gasteiger partial charge in [-0.05, 0) is 70.0 Å². The summed E-state index contributed by atoms with van der Waals surface area (Å²) in [5, 5.41) is 15.9. The minimum atomic E-state index is -0.614. The zero-order chi connectivity index (χ0) is 25.1. The lowest BCUT2D eigenvalue weighted by Crippen LogP contribution is -2.52. The summed E-state index contributed by atoms with van der Waals surface area (Å²) < 4.78 is 25.5. The standard InChI is InChI=1S/C24H35N5O5S/c1-23(2,3)34-22(30)25-19-12-11-17(32-20(19)13-18-14-31-24(4,5)33-18)15-35-21-26-27-28-29(21)16-9-7-6-8-10-16/h6-10,17-20H,11-15H2,1-5H3,(H,25,30)/t17-,18+,19+,20+/m0/s1. The topological polar surface area (TPSA) is 110 Å². The van der Waals surface area contributed by atoms with Crippen LogP contribution in [-0.4, -0.2) is 74.4 Å². The van der Waals surface area contributed by atoms with Gasteiger partial charge in [-0.3, -0.25) is 0 Å². The summed E-state index contributed by atoms with van der Waals surface area (Å²) in [4.78, 5) is 12.5. The van der Waals surface area contributed by atoms with Crippen molar-refractivity contribution in [3.8, 4) is 5.69 Å². The van der Waals surface area contributed by atoms with Gasteiger partial charge in [0.1, 0.15) is 5.60 Å². The van der Waals surface area contributed by atoms with Crippen LogP contribution >= 0.6 is 11.8 Å². The Labute approximate surface area is 210 Å². The Hall–Kier alpha value is -2.21. The second-order valence-corrected chi connectivity index (χ2v) is 11.3. The van der Waals surface area contributed by atoms with Crippen LogP contribution in [-0.2, 0) is 18.9 Å². The number of carbonyl (C=O) groups is 1. The summed E-state index contributed by atoms with van der Waals surface area (Å²) in [6.45, 7) is 9.86. The molecule has 0 aliphatic carbocycles. The summed E-state index contributed by atoms with van der Waals surface area (Å²) in [7, 11) is 0. The van der Waals surface area contributed by atoms with Crippen molar-refractivity contribution in [3.63, 3.8) is 0 Å². The number of alkyl carbamates (subject to hydrolysis) is 1. The maximum Gasteiger partial charge on any atom is 0.407 e. The summed E-state index contributed by atoms with van der Waals surface area (Å²) in [5.74, 6) is 0.0770. The zero-order valence-corrected chi connectivity index (χ0v) is 21.8. The van der Waals surface area contributed by atoms with Crippen molar-refractivity contribution in [2.24, 2.45) is 0 Å². The lowest BCUT2D eigenvalue weighted by Gasteiger charge is -2.38. The first-order valence-corrected chi connectivity index (χ1v) is 13.0. The molecule has 2 aliphatic heterocycles. The lowest BCUT2D eigenvalue weighted by molar-refractivity contribution is -0.147. The molecule has 0 unspecified atom stereocenters. The Morgan fingerprint density at radius 1 is 1.23 bits per heavy atom. The van der Waals surface area contributed by atoms with Gasteiger partial charge in [-0.25, -0.2) is 4.79 Å². The number of tetrazole rings is 1. The van der Waals surface area contributed by atoms with Crippen LogP contribution in [0.2, 0.25) is 0 Å². The van der Waals surface area contributed by atoms with Crippen LogP contribution in [0.15, 0.2) is 35.5 Å². The van der Waals surface area contributed by atoms with E-state index in [0.717, 1.165) is 18.5 Å². The maximum atomic E-state index is 12.5. The van der Waals surface area contributed by atoms with E-state index in [9.17, 15) is 4.79 Å². The SMILES string of the molecule is CC(C)(C)OC(=O)N[C@@H]1CC[C@@H](CSc2nnnn2-c2ccccc2)O[C@@H]1C[C@@H]1COC(C)(C)O1. The van der Waals surface area contributed by atoms with E-state index < -0.39 is 17.5 Å². The molecule has 1 aromatic carbocycles. The van der Waals surface area contributed by atoms with Crippen molar-refractivity contribution in [3.05, 3.63) is 30.3 Å². The Balaban J connectivity index is 1.39. The second-order valence-electron chi connectivity index (χ2n) is 10.3. The Kier molecular flexibility index (Phi) is 7.99. The average Bonchev–Trinajstić information content (AvgIpc) is 3.39. The normalized spacial score (nSPS) is 26.4. The fourth-order valence-electron chi connectivity index (χ4n) is 4.23. The van der Waals surface area contributed by atoms with E-state index in [-0.39, 0.29) is 24.4 Å². The Morgan fingerprint density at radius 2 is 2.00 bits per heavy atom. The average molecular weight is 506 g/mol. The Bertz CT molecular complexity index is 980. The van der Waals surface area contributed by atoms with Gasteiger partial charge < -0.3 is 24.3 Å². The molecule has 11 heteroatoms. The number of benzene rings is 1. The first kappa shape index (κ1) is 25.9. The predicted molar refractivity (Wildman–Crippen MR) is 130 cm³/mol. The number of nitrogens with one attached hydrogen (secondary N) is 1. The van der Waals surface area contributed by atoms with E-state index in [1.807, 2.05) is 65.0 Å². The molecule has 192 valence electrons. The molecule has 2 fully saturated rings. The molecular weight excluding hydrogens is 470 g/mol. The second kappa shape index (κ2) is 10.8. The van der Waals surface area contributed by atoms with E-state index in [0.29, 0.717) is 23.9 Å². The van der Waals surface area contributed by atoms with Crippen LogP contribution in [0, 0.1) is 0 Å². The first-order chi connectivity index (χ1) is 16.6. The summed E-state index contributed by atoms with van der Waals surface area (Å²) in [6.07, 6.45) is 1.41. The van der Waals surface area contributed by atoms with E-state index in [1.54, 1.807) is 16.4 Å². The summed E-state index contributed by atoms with van der Waals surface area (Å²) in [5.41, 5.74) is 0.341.